The molecule has 1 aromatic rings. The quantitative estimate of drug-likeness (QED) is 0.780. The fraction of sp³-hybridized carbons (Fsp3) is 0.429. The Hall–Kier alpha value is -1.59. The molecule has 20 heavy (non-hydrogen) atoms. The van der Waals surface area contributed by atoms with Crippen molar-refractivity contribution in [2.45, 2.75) is 32.9 Å². The average molecular weight is 298 g/mol. The molecule has 0 spiro atoms. The zero-order chi connectivity index (χ0) is 15.1. The molecule has 0 saturated carbocycles. The first-order valence-corrected chi connectivity index (χ1v) is 6.92. The first-order valence-electron chi connectivity index (χ1n) is 6.54. The first kappa shape index (κ1) is 16.5. The molecule has 0 saturated heterocycles. The predicted molar refractivity (Wildman–Crippen MR) is 79.7 cm³/mol. The zero-order valence-corrected chi connectivity index (χ0v) is 12.6. The van der Waals surface area contributed by atoms with Crippen molar-refractivity contribution in [1.29, 1.82) is 0 Å². The van der Waals surface area contributed by atoms with Crippen molar-refractivity contribution in [2.24, 2.45) is 0 Å². The number of hydrogen-bond acceptors (Lipinski definition) is 3. The van der Waals surface area contributed by atoms with Crippen LogP contribution in [-0.4, -0.2) is 24.5 Å². The van der Waals surface area contributed by atoms with Crippen LogP contribution in [-0.2, 0) is 4.79 Å². The van der Waals surface area contributed by atoms with Crippen LogP contribution in [0.1, 0.15) is 32.4 Å². The van der Waals surface area contributed by atoms with E-state index < -0.39 is 12.1 Å². The van der Waals surface area contributed by atoms with E-state index in [1.165, 1.54) is 0 Å². The molecule has 6 heteroatoms. The van der Waals surface area contributed by atoms with Gasteiger partial charge in [0.25, 0.3) is 0 Å². The molecule has 3 N–H and O–H groups in total. The maximum Gasteiger partial charge on any atom is 0.321 e. The Bertz CT molecular complexity index is 462. The minimum absolute atomic E-state index is 0.0257. The number of urea groups is 1. The van der Waals surface area contributed by atoms with Crippen LogP contribution >= 0.6 is 11.6 Å². The second kappa shape index (κ2) is 7.87. The van der Waals surface area contributed by atoms with Gasteiger partial charge in [-0.1, -0.05) is 23.7 Å². The third-order valence-corrected chi connectivity index (χ3v) is 3.09. The molecule has 0 fully saturated rings. The van der Waals surface area contributed by atoms with Gasteiger partial charge < -0.3 is 5.32 Å². The number of benzene rings is 1. The summed E-state index contributed by atoms with van der Waals surface area (Å²) >= 11 is 5.83. The molecular weight excluding hydrogens is 278 g/mol. The summed E-state index contributed by atoms with van der Waals surface area (Å²) in [4.78, 5) is 23.1. The summed E-state index contributed by atoms with van der Waals surface area (Å²) in [6, 6.07) is 6.40. The van der Waals surface area contributed by atoms with Gasteiger partial charge in [-0.25, -0.2) is 4.79 Å². The van der Waals surface area contributed by atoms with E-state index in [2.05, 4.69) is 16.0 Å². The molecule has 0 heterocycles. The van der Waals surface area contributed by atoms with E-state index in [0.717, 1.165) is 5.56 Å². The maximum absolute atomic E-state index is 11.8. The monoisotopic (exact) mass is 297 g/mol. The fourth-order valence-corrected chi connectivity index (χ4v) is 1.85. The Balaban J connectivity index is 2.52. The molecule has 5 nitrogen and oxygen atoms in total. The van der Waals surface area contributed by atoms with Crippen molar-refractivity contribution in [3.63, 3.8) is 0 Å². The van der Waals surface area contributed by atoms with E-state index in [4.69, 9.17) is 11.6 Å². The van der Waals surface area contributed by atoms with Crippen LogP contribution < -0.4 is 16.0 Å². The Morgan fingerprint density at radius 2 is 1.80 bits per heavy atom. The van der Waals surface area contributed by atoms with E-state index in [1.54, 1.807) is 26.0 Å². The van der Waals surface area contributed by atoms with Crippen molar-refractivity contribution in [3.05, 3.63) is 34.9 Å². The largest absolute Gasteiger partial charge is 0.338 e. The van der Waals surface area contributed by atoms with E-state index in [-0.39, 0.29) is 11.9 Å². The van der Waals surface area contributed by atoms with Crippen molar-refractivity contribution in [1.82, 2.24) is 16.0 Å². The van der Waals surface area contributed by atoms with E-state index in [9.17, 15) is 9.59 Å². The summed E-state index contributed by atoms with van der Waals surface area (Å²) in [5.74, 6) is -0.364. The SMILES string of the molecule is CCNC(=O)NC(=O)C(C)N[C@H](C)c1ccc(Cl)cc1. The second-order valence-corrected chi connectivity index (χ2v) is 4.95. The highest BCUT2D eigenvalue weighted by Crippen LogP contribution is 2.16. The number of amides is 3. The van der Waals surface area contributed by atoms with Crippen LogP contribution in [0.25, 0.3) is 0 Å². The summed E-state index contributed by atoms with van der Waals surface area (Å²) in [6.07, 6.45) is 0. The Morgan fingerprint density at radius 3 is 2.35 bits per heavy atom. The molecule has 0 aromatic heterocycles. The van der Waals surface area contributed by atoms with Crippen LogP contribution in [0.5, 0.6) is 0 Å². The predicted octanol–water partition coefficient (Wildman–Crippen LogP) is 2.22. The minimum atomic E-state index is -0.483. The van der Waals surface area contributed by atoms with E-state index in [0.29, 0.717) is 11.6 Å². The van der Waals surface area contributed by atoms with Gasteiger partial charge in [-0.05, 0) is 38.5 Å². The molecule has 0 aliphatic heterocycles. The van der Waals surface area contributed by atoms with Gasteiger partial charge in [-0.3, -0.25) is 15.4 Å². The lowest BCUT2D eigenvalue weighted by molar-refractivity contribution is -0.121. The number of carbonyl (C=O) groups excluding carboxylic acids is 2. The standard InChI is InChI=1S/C14H20ClN3O2/c1-4-16-14(20)18-13(19)10(3)17-9(2)11-5-7-12(15)8-6-11/h5-10,17H,4H2,1-3H3,(H2,16,18,19,20)/t9-,10?/m1/s1. The molecule has 2 atom stereocenters. The highest BCUT2D eigenvalue weighted by atomic mass is 35.5. The molecule has 1 unspecified atom stereocenters. The number of rotatable bonds is 5. The Labute approximate surface area is 124 Å². The molecule has 0 radical (unpaired) electrons. The molecule has 110 valence electrons. The van der Waals surface area contributed by atoms with Crippen LogP contribution in [0.3, 0.4) is 0 Å². The normalized spacial score (nSPS) is 13.4. The van der Waals surface area contributed by atoms with Crippen LogP contribution in [0.2, 0.25) is 5.02 Å². The fourth-order valence-electron chi connectivity index (χ4n) is 1.72. The molecule has 3 amide bonds. The van der Waals surface area contributed by atoms with Crippen molar-refractivity contribution >= 4 is 23.5 Å². The Kier molecular flexibility index (Phi) is 6.48. The van der Waals surface area contributed by atoms with Crippen LogP contribution in [0.15, 0.2) is 24.3 Å². The average Bonchev–Trinajstić information content (AvgIpc) is 2.39. The van der Waals surface area contributed by atoms with Crippen LogP contribution in [0.4, 0.5) is 4.79 Å². The maximum atomic E-state index is 11.8. The lowest BCUT2D eigenvalue weighted by atomic mass is 10.1. The molecule has 0 bridgehead atoms. The van der Waals surface area contributed by atoms with Crippen LogP contribution in [0, 0.1) is 0 Å². The van der Waals surface area contributed by atoms with Gasteiger partial charge in [0.05, 0.1) is 6.04 Å². The van der Waals surface area contributed by atoms with Gasteiger partial charge in [0.2, 0.25) is 5.91 Å². The van der Waals surface area contributed by atoms with Crippen molar-refractivity contribution in [3.8, 4) is 0 Å². The topological polar surface area (TPSA) is 70.2 Å². The summed E-state index contributed by atoms with van der Waals surface area (Å²) in [6.45, 7) is 5.91. The molecule has 0 aliphatic rings. The number of imide groups is 1. The summed E-state index contributed by atoms with van der Waals surface area (Å²) in [5.41, 5.74) is 1.02. The van der Waals surface area contributed by atoms with Crippen molar-refractivity contribution in [2.75, 3.05) is 6.54 Å². The molecule has 0 aliphatic carbocycles. The van der Waals surface area contributed by atoms with Crippen molar-refractivity contribution < 1.29 is 9.59 Å². The zero-order valence-electron chi connectivity index (χ0n) is 11.9. The van der Waals surface area contributed by atoms with Gasteiger partial charge in [-0.2, -0.15) is 0 Å². The minimum Gasteiger partial charge on any atom is -0.338 e. The van der Waals surface area contributed by atoms with Gasteiger partial charge in [-0.15, -0.1) is 0 Å². The van der Waals surface area contributed by atoms with E-state index >= 15 is 0 Å². The Morgan fingerprint density at radius 1 is 1.20 bits per heavy atom. The highest BCUT2D eigenvalue weighted by molar-refractivity contribution is 6.30. The van der Waals surface area contributed by atoms with Gasteiger partial charge in [0.1, 0.15) is 0 Å². The van der Waals surface area contributed by atoms with Gasteiger partial charge in [0.15, 0.2) is 0 Å². The van der Waals surface area contributed by atoms with Gasteiger partial charge in [0, 0.05) is 17.6 Å². The first-order chi connectivity index (χ1) is 9.43. The molecule has 1 rings (SSSR count). The summed E-state index contributed by atoms with van der Waals surface area (Å²) in [7, 11) is 0. The number of carbonyl (C=O) groups is 2. The number of hydrogen-bond donors (Lipinski definition) is 3. The third-order valence-electron chi connectivity index (χ3n) is 2.84. The number of nitrogens with one attached hydrogen (secondary N) is 3. The lowest BCUT2D eigenvalue weighted by Crippen LogP contribution is -2.48. The smallest absolute Gasteiger partial charge is 0.321 e. The summed E-state index contributed by atoms with van der Waals surface area (Å²) in [5, 5.41) is 8.58. The summed E-state index contributed by atoms with van der Waals surface area (Å²) < 4.78 is 0. The number of halogens is 1. The molecular formula is C14H20ClN3O2. The second-order valence-electron chi connectivity index (χ2n) is 4.51. The van der Waals surface area contributed by atoms with Gasteiger partial charge >= 0.3 is 6.03 Å². The molecule has 1 aromatic carbocycles. The third kappa shape index (κ3) is 5.19. The van der Waals surface area contributed by atoms with E-state index in [1.807, 2.05) is 19.1 Å². The highest BCUT2D eigenvalue weighted by Gasteiger charge is 2.17. The lowest BCUT2D eigenvalue weighted by Gasteiger charge is -2.19.